The number of rotatable bonds is 6. The Hall–Kier alpha value is -2.56. The first-order chi connectivity index (χ1) is 13.4. The lowest BCUT2D eigenvalue weighted by Gasteiger charge is -2.27. The lowest BCUT2D eigenvalue weighted by molar-refractivity contribution is -0.181. The van der Waals surface area contributed by atoms with Crippen molar-refractivity contribution in [3.05, 3.63) is 22.7 Å². The predicted molar refractivity (Wildman–Crippen MR) is 96.9 cm³/mol. The fraction of sp³-hybridized carbons (Fsp3) is 0.667. The molecule has 0 amide bonds. The molecule has 0 radical (unpaired) electrons. The van der Waals surface area contributed by atoms with E-state index in [1.54, 1.807) is 13.8 Å². The van der Waals surface area contributed by atoms with Gasteiger partial charge in [-0.2, -0.15) is 13.8 Å². The Morgan fingerprint density at radius 1 is 1.21 bits per heavy atom. The van der Waals surface area contributed by atoms with E-state index < -0.39 is 59.9 Å². The van der Waals surface area contributed by atoms with Crippen molar-refractivity contribution in [3.63, 3.8) is 0 Å². The number of hydrogen-bond acceptors (Lipinski definition) is 8. The number of esters is 2. The van der Waals surface area contributed by atoms with Crippen LogP contribution in [0, 0.1) is 11.8 Å². The maximum Gasteiger partial charge on any atom is 0.351 e. The third-order valence-corrected chi connectivity index (χ3v) is 4.35. The van der Waals surface area contributed by atoms with Gasteiger partial charge in [0, 0.05) is 6.20 Å². The smallest absolute Gasteiger partial charge is 0.351 e. The minimum absolute atomic E-state index is 0.147. The summed E-state index contributed by atoms with van der Waals surface area (Å²) in [4.78, 5) is 39.4. The number of nitrogen functional groups attached to an aromatic ring is 1. The molecule has 4 atom stereocenters. The number of hydrogen-bond donors (Lipinski definition) is 1. The molecule has 1 aromatic rings. The first kappa shape index (κ1) is 22.7. The van der Waals surface area contributed by atoms with Gasteiger partial charge in [-0.25, -0.2) is 4.79 Å². The van der Waals surface area contributed by atoms with Gasteiger partial charge in [0.15, 0.2) is 6.10 Å². The summed E-state index contributed by atoms with van der Waals surface area (Å²) in [6, 6.07) is 1.16. The number of ether oxygens (including phenoxy) is 3. The molecule has 2 N–H and O–H groups in total. The number of nitrogens with two attached hydrogens (primary N) is 1. The van der Waals surface area contributed by atoms with E-state index in [2.05, 4.69) is 4.98 Å². The van der Waals surface area contributed by atoms with Gasteiger partial charge in [0.25, 0.3) is 0 Å². The summed E-state index contributed by atoms with van der Waals surface area (Å²) in [6.45, 7) is 7.48. The molecule has 11 heteroatoms. The van der Waals surface area contributed by atoms with E-state index in [1.807, 2.05) is 0 Å². The quantitative estimate of drug-likeness (QED) is 0.691. The van der Waals surface area contributed by atoms with E-state index in [0.717, 1.165) is 12.3 Å². The van der Waals surface area contributed by atoms with Gasteiger partial charge in [-0.3, -0.25) is 14.2 Å². The van der Waals surface area contributed by atoms with Crippen molar-refractivity contribution in [2.45, 2.75) is 65.1 Å². The van der Waals surface area contributed by atoms with Crippen molar-refractivity contribution in [2.24, 2.45) is 11.8 Å². The molecular weight excluding hydrogens is 392 g/mol. The number of aromatic nitrogens is 2. The molecule has 1 aliphatic heterocycles. The van der Waals surface area contributed by atoms with Crippen LogP contribution in [-0.4, -0.2) is 45.7 Å². The Morgan fingerprint density at radius 3 is 2.31 bits per heavy atom. The minimum atomic E-state index is -3.81. The lowest BCUT2D eigenvalue weighted by atomic mass is 10.0. The largest absolute Gasteiger partial charge is 0.460 e. The average molecular weight is 417 g/mol. The highest BCUT2D eigenvalue weighted by Gasteiger charge is 2.64. The van der Waals surface area contributed by atoms with Crippen molar-refractivity contribution in [1.82, 2.24) is 9.55 Å². The zero-order valence-electron chi connectivity index (χ0n) is 16.8. The van der Waals surface area contributed by atoms with Gasteiger partial charge < -0.3 is 19.9 Å². The van der Waals surface area contributed by atoms with Crippen molar-refractivity contribution >= 4 is 17.8 Å². The Morgan fingerprint density at radius 2 is 1.79 bits per heavy atom. The Kier molecular flexibility index (Phi) is 6.61. The molecule has 0 saturated carbocycles. The van der Waals surface area contributed by atoms with Gasteiger partial charge in [0.2, 0.25) is 6.23 Å². The fourth-order valence-electron chi connectivity index (χ4n) is 2.68. The monoisotopic (exact) mass is 417 g/mol. The van der Waals surface area contributed by atoms with Crippen LogP contribution in [0.15, 0.2) is 17.1 Å². The summed E-state index contributed by atoms with van der Waals surface area (Å²) < 4.78 is 46.6. The standard InChI is InChI=1S/C18H25F2N3O6/c1-8(2)14(24)27-10(5)12-13(29-15(25)9(3)4)18(19,20)16(28-12)23-7-6-11(21)22-17(23)26/h6-10,12-13,16H,1-5H3,(H2,21,22,26)/t10?,12-,13-,16-/m1/s1. The summed E-state index contributed by atoms with van der Waals surface area (Å²) in [5.41, 5.74) is 4.34. The van der Waals surface area contributed by atoms with Crippen molar-refractivity contribution in [3.8, 4) is 0 Å². The van der Waals surface area contributed by atoms with Crippen LogP contribution in [0.1, 0.15) is 40.8 Å². The lowest BCUT2D eigenvalue weighted by Crippen LogP contribution is -2.47. The van der Waals surface area contributed by atoms with E-state index in [-0.39, 0.29) is 5.82 Å². The molecule has 1 aliphatic rings. The molecule has 1 unspecified atom stereocenters. The van der Waals surface area contributed by atoms with Crippen LogP contribution in [0.2, 0.25) is 0 Å². The molecule has 2 heterocycles. The Labute approximate surface area is 166 Å². The third kappa shape index (κ3) is 4.72. The number of carbonyl (C=O) groups excluding carboxylic acids is 2. The number of carbonyl (C=O) groups is 2. The Balaban J connectivity index is 2.42. The molecular formula is C18H25F2N3O6. The normalized spacial score (nSPS) is 24.5. The maximum atomic E-state index is 15.2. The molecule has 0 aromatic carbocycles. The van der Waals surface area contributed by atoms with Crippen LogP contribution in [0.25, 0.3) is 0 Å². The molecule has 0 spiro atoms. The maximum absolute atomic E-state index is 15.2. The SMILES string of the molecule is CC(C)C(=O)OC(C)[C@H]1O[C@@H](n2ccc(N)nc2=O)C(F)(F)[C@@H]1OC(=O)C(C)C. The molecule has 162 valence electrons. The number of alkyl halides is 2. The first-order valence-electron chi connectivity index (χ1n) is 9.15. The van der Waals surface area contributed by atoms with E-state index in [1.165, 1.54) is 20.8 Å². The highest BCUT2D eigenvalue weighted by atomic mass is 19.3. The highest BCUT2D eigenvalue weighted by molar-refractivity contribution is 5.72. The predicted octanol–water partition coefficient (Wildman–Crippen LogP) is 1.51. The summed E-state index contributed by atoms with van der Waals surface area (Å²) in [5, 5.41) is 0. The Bertz CT molecular complexity index is 826. The number of halogens is 2. The van der Waals surface area contributed by atoms with Crippen LogP contribution < -0.4 is 11.4 Å². The van der Waals surface area contributed by atoms with Crippen molar-refractivity contribution in [1.29, 1.82) is 0 Å². The van der Waals surface area contributed by atoms with Gasteiger partial charge >= 0.3 is 23.6 Å². The second-order valence-electron chi connectivity index (χ2n) is 7.48. The van der Waals surface area contributed by atoms with E-state index >= 15 is 8.78 Å². The number of nitrogens with zero attached hydrogens (tertiary/aromatic N) is 2. The van der Waals surface area contributed by atoms with E-state index in [0.29, 0.717) is 4.57 Å². The van der Waals surface area contributed by atoms with Crippen LogP contribution in [0.5, 0.6) is 0 Å². The van der Waals surface area contributed by atoms with Gasteiger partial charge in [-0.05, 0) is 13.0 Å². The molecule has 0 aliphatic carbocycles. The molecule has 9 nitrogen and oxygen atoms in total. The van der Waals surface area contributed by atoms with Gasteiger partial charge in [0.1, 0.15) is 18.0 Å². The molecule has 1 fully saturated rings. The summed E-state index contributed by atoms with van der Waals surface area (Å²) >= 11 is 0. The second kappa shape index (κ2) is 8.44. The first-order valence-corrected chi connectivity index (χ1v) is 9.15. The molecule has 29 heavy (non-hydrogen) atoms. The van der Waals surface area contributed by atoms with Crippen LogP contribution >= 0.6 is 0 Å². The van der Waals surface area contributed by atoms with Gasteiger partial charge in [-0.1, -0.05) is 27.7 Å². The third-order valence-electron chi connectivity index (χ3n) is 4.35. The summed E-state index contributed by atoms with van der Waals surface area (Å²) in [5.74, 6) is -6.65. The summed E-state index contributed by atoms with van der Waals surface area (Å²) in [6.07, 6.45) is -5.88. The molecule has 0 bridgehead atoms. The summed E-state index contributed by atoms with van der Waals surface area (Å²) in [7, 11) is 0. The highest BCUT2D eigenvalue weighted by Crippen LogP contribution is 2.45. The van der Waals surface area contributed by atoms with Crippen LogP contribution in [-0.2, 0) is 23.8 Å². The zero-order valence-corrected chi connectivity index (χ0v) is 16.8. The van der Waals surface area contributed by atoms with Gasteiger partial charge in [0.05, 0.1) is 11.8 Å². The fourth-order valence-corrected chi connectivity index (χ4v) is 2.68. The second-order valence-corrected chi connectivity index (χ2v) is 7.48. The van der Waals surface area contributed by atoms with E-state index in [4.69, 9.17) is 19.9 Å². The van der Waals surface area contributed by atoms with E-state index in [9.17, 15) is 14.4 Å². The average Bonchev–Trinajstić information content (AvgIpc) is 2.86. The van der Waals surface area contributed by atoms with Crippen LogP contribution in [0.4, 0.5) is 14.6 Å². The topological polar surface area (TPSA) is 123 Å². The minimum Gasteiger partial charge on any atom is -0.460 e. The molecule has 1 aromatic heterocycles. The van der Waals surface area contributed by atoms with Crippen molar-refractivity contribution in [2.75, 3.05) is 5.73 Å². The molecule has 1 saturated heterocycles. The number of anilines is 1. The van der Waals surface area contributed by atoms with Crippen LogP contribution in [0.3, 0.4) is 0 Å². The van der Waals surface area contributed by atoms with Crippen molar-refractivity contribution < 1.29 is 32.6 Å². The zero-order chi connectivity index (χ0) is 22.1. The molecule has 2 rings (SSSR count). The van der Waals surface area contributed by atoms with Gasteiger partial charge in [-0.15, -0.1) is 0 Å².